The molecule has 0 heterocycles. The van der Waals surface area contributed by atoms with Gasteiger partial charge in [0, 0.05) is 12.6 Å². The van der Waals surface area contributed by atoms with Gasteiger partial charge in [0.2, 0.25) is 5.91 Å². The number of benzene rings is 1. The normalized spacial score (nSPS) is 13.3. The highest BCUT2D eigenvalue weighted by Gasteiger charge is 2.18. The number of carbonyl (C=O) groups is 2. The van der Waals surface area contributed by atoms with Crippen molar-refractivity contribution in [3.8, 4) is 5.75 Å². The number of carbonyl (C=O) groups excluding carboxylic acids is 2. The van der Waals surface area contributed by atoms with Crippen LogP contribution in [0.5, 0.6) is 5.75 Å². The molecule has 0 fully saturated rings. The maximum absolute atomic E-state index is 11.9. The van der Waals surface area contributed by atoms with Crippen LogP contribution in [0.15, 0.2) is 24.3 Å². The van der Waals surface area contributed by atoms with Crippen LogP contribution in [0.2, 0.25) is 0 Å². The van der Waals surface area contributed by atoms with Crippen LogP contribution < -0.4 is 20.7 Å². The topological polar surface area (TPSA) is 79.5 Å². The average Bonchev–Trinajstić information content (AvgIpc) is 2.46. The molecule has 0 aliphatic rings. The Bertz CT molecular complexity index is 532. The fourth-order valence-corrected chi connectivity index (χ4v) is 2.10. The molecule has 3 amide bonds. The standard InChI is InChI=1S/C17H27N3O3/c1-6-18-17(22)20-16(21)13(5)19-12(4)14-8-7-9-15(10-14)23-11(2)3/h7-13,19H,6H2,1-5H3,(H2,18,20,21,22)/t12-,13+/m1/s1. The summed E-state index contributed by atoms with van der Waals surface area (Å²) < 4.78 is 5.68. The molecule has 0 bridgehead atoms. The molecule has 0 aliphatic heterocycles. The largest absolute Gasteiger partial charge is 0.491 e. The zero-order valence-electron chi connectivity index (χ0n) is 14.5. The second-order valence-corrected chi connectivity index (χ2v) is 5.70. The summed E-state index contributed by atoms with van der Waals surface area (Å²) in [5, 5.41) is 8.00. The van der Waals surface area contributed by atoms with E-state index in [4.69, 9.17) is 4.74 Å². The zero-order chi connectivity index (χ0) is 17.4. The summed E-state index contributed by atoms with van der Waals surface area (Å²) in [5.74, 6) is 0.433. The maximum atomic E-state index is 11.9. The summed E-state index contributed by atoms with van der Waals surface area (Å²) >= 11 is 0. The third kappa shape index (κ3) is 6.69. The number of rotatable bonds is 7. The first-order chi connectivity index (χ1) is 10.8. The minimum atomic E-state index is -0.498. The number of urea groups is 1. The average molecular weight is 321 g/mol. The number of hydrogen-bond donors (Lipinski definition) is 3. The number of hydrogen-bond acceptors (Lipinski definition) is 4. The molecule has 6 nitrogen and oxygen atoms in total. The molecule has 1 aromatic carbocycles. The highest BCUT2D eigenvalue weighted by Crippen LogP contribution is 2.20. The lowest BCUT2D eigenvalue weighted by Gasteiger charge is -2.20. The first kappa shape index (κ1) is 19.0. The molecule has 0 saturated heterocycles. The third-order valence-electron chi connectivity index (χ3n) is 3.20. The summed E-state index contributed by atoms with van der Waals surface area (Å²) in [6.45, 7) is 9.90. The third-order valence-corrected chi connectivity index (χ3v) is 3.20. The molecule has 0 aliphatic carbocycles. The summed E-state index contributed by atoms with van der Waals surface area (Å²) in [6.07, 6.45) is 0.107. The van der Waals surface area contributed by atoms with Gasteiger partial charge in [-0.1, -0.05) is 12.1 Å². The summed E-state index contributed by atoms with van der Waals surface area (Å²) in [5.41, 5.74) is 1.01. The van der Waals surface area contributed by atoms with Gasteiger partial charge < -0.3 is 10.1 Å². The fraction of sp³-hybridized carbons (Fsp3) is 0.529. The van der Waals surface area contributed by atoms with Crippen LogP contribution in [0.4, 0.5) is 4.79 Å². The van der Waals surface area contributed by atoms with Gasteiger partial charge in [-0.05, 0) is 52.3 Å². The highest BCUT2D eigenvalue weighted by molar-refractivity contribution is 5.96. The zero-order valence-corrected chi connectivity index (χ0v) is 14.5. The van der Waals surface area contributed by atoms with E-state index in [1.807, 2.05) is 45.0 Å². The second kappa shape index (κ2) is 9.15. The Kier molecular flexibility index (Phi) is 7.54. The quantitative estimate of drug-likeness (QED) is 0.720. The molecule has 1 aromatic rings. The molecule has 0 radical (unpaired) electrons. The number of imide groups is 1. The lowest BCUT2D eigenvalue weighted by Crippen LogP contribution is -2.48. The Morgan fingerprint density at radius 1 is 1.17 bits per heavy atom. The van der Waals surface area contributed by atoms with Gasteiger partial charge in [0.25, 0.3) is 0 Å². The number of nitrogens with one attached hydrogen (secondary N) is 3. The van der Waals surface area contributed by atoms with Gasteiger partial charge >= 0.3 is 6.03 Å². The molecule has 1 rings (SSSR count). The van der Waals surface area contributed by atoms with Crippen molar-refractivity contribution >= 4 is 11.9 Å². The van der Waals surface area contributed by atoms with Crippen molar-refractivity contribution in [3.05, 3.63) is 29.8 Å². The van der Waals surface area contributed by atoms with Gasteiger partial charge in [-0.25, -0.2) is 4.79 Å². The van der Waals surface area contributed by atoms with Crippen molar-refractivity contribution in [1.82, 2.24) is 16.0 Å². The minimum Gasteiger partial charge on any atom is -0.491 e. The number of ether oxygens (including phenoxy) is 1. The predicted octanol–water partition coefficient (Wildman–Crippen LogP) is 2.36. The van der Waals surface area contributed by atoms with Gasteiger partial charge in [-0.3, -0.25) is 15.4 Å². The van der Waals surface area contributed by atoms with Gasteiger partial charge in [0.1, 0.15) is 5.75 Å². The fourth-order valence-electron chi connectivity index (χ4n) is 2.10. The lowest BCUT2D eigenvalue weighted by molar-refractivity contribution is -0.121. The molecule has 2 atom stereocenters. The first-order valence-electron chi connectivity index (χ1n) is 7.94. The van der Waals surface area contributed by atoms with E-state index in [0.29, 0.717) is 6.54 Å². The van der Waals surface area contributed by atoms with Crippen LogP contribution >= 0.6 is 0 Å². The van der Waals surface area contributed by atoms with Crippen molar-refractivity contribution in [1.29, 1.82) is 0 Å². The summed E-state index contributed by atoms with van der Waals surface area (Å²) in [4.78, 5) is 23.3. The molecule has 23 heavy (non-hydrogen) atoms. The molecule has 0 spiro atoms. The smallest absolute Gasteiger partial charge is 0.321 e. The van der Waals surface area contributed by atoms with Gasteiger partial charge in [0.15, 0.2) is 0 Å². The highest BCUT2D eigenvalue weighted by atomic mass is 16.5. The lowest BCUT2D eigenvalue weighted by atomic mass is 10.1. The van der Waals surface area contributed by atoms with Crippen molar-refractivity contribution in [2.75, 3.05) is 6.54 Å². The van der Waals surface area contributed by atoms with Crippen LogP contribution in [0.25, 0.3) is 0 Å². The van der Waals surface area contributed by atoms with Gasteiger partial charge in [-0.2, -0.15) is 0 Å². The van der Waals surface area contributed by atoms with Crippen molar-refractivity contribution in [3.63, 3.8) is 0 Å². The Morgan fingerprint density at radius 3 is 2.48 bits per heavy atom. The first-order valence-corrected chi connectivity index (χ1v) is 7.94. The van der Waals surface area contributed by atoms with Crippen LogP contribution in [0.3, 0.4) is 0 Å². The van der Waals surface area contributed by atoms with Gasteiger partial charge in [0.05, 0.1) is 12.1 Å². The number of amides is 3. The van der Waals surface area contributed by atoms with Gasteiger partial charge in [-0.15, -0.1) is 0 Å². The second-order valence-electron chi connectivity index (χ2n) is 5.70. The van der Waals surface area contributed by atoms with E-state index in [-0.39, 0.29) is 18.1 Å². The SMILES string of the molecule is CCNC(=O)NC(=O)[C@H](C)N[C@H](C)c1cccc(OC(C)C)c1. The molecular formula is C17H27N3O3. The van der Waals surface area contributed by atoms with Crippen molar-refractivity contribution < 1.29 is 14.3 Å². The molecule has 0 unspecified atom stereocenters. The molecule has 3 N–H and O–H groups in total. The monoisotopic (exact) mass is 321 g/mol. The van der Waals surface area contributed by atoms with Crippen LogP contribution in [-0.2, 0) is 4.79 Å². The Morgan fingerprint density at radius 2 is 1.87 bits per heavy atom. The van der Waals surface area contributed by atoms with E-state index < -0.39 is 12.1 Å². The van der Waals surface area contributed by atoms with E-state index in [1.165, 1.54) is 0 Å². The van der Waals surface area contributed by atoms with Crippen molar-refractivity contribution in [2.45, 2.75) is 52.8 Å². The Labute approximate surface area is 138 Å². The predicted molar refractivity (Wildman–Crippen MR) is 90.4 cm³/mol. The van der Waals surface area contributed by atoms with E-state index >= 15 is 0 Å². The molecular weight excluding hydrogens is 294 g/mol. The molecule has 128 valence electrons. The summed E-state index contributed by atoms with van der Waals surface area (Å²) in [7, 11) is 0. The van der Waals surface area contributed by atoms with E-state index in [1.54, 1.807) is 13.8 Å². The Hall–Kier alpha value is -2.08. The molecule has 6 heteroatoms. The molecule has 0 aromatic heterocycles. The van der Waals surface area contributed by atoms with Crippen LogP contribution in [-0.4, -0.2) is 30.6 Å². The minimum absolute atomic E-state index is 0.0549. The van der Waals surface area contributed by atoms with E-state index in [0.717, 1.165) is 11.3 Å². The summed E-state index contributed by atoms with van der Waals surface area (Å²) in [6, 6.07) is 6.71. The molecule has 0 saturated carbocycles. The van der Waals surface area contributed by atoms with Crippen LogP contribution in [0, 0.1) is 0 Å². The van der Waals surface area contributed by atoms with E-state index in [2.05, 4.69) is 16.0 Å². The van der Waals surface area contributed by atoms with Crippen LogP contribution in [0.1, 0.15) is 46.2 Å². The Balaban J connectivity index is 2.62. The van der Waals surface area contributed by atoms with Crippen molar-refractivity contribution in [2.24, 2.45) is 0 Å². The van der Waals surface area contributed by atoms with E-state index in [9.17, 15) is 9.59 Å². The maximum Gasteiger partial charge on any atom is 0.321 e.